The summed E-state index contributed by atoms with van der Waals surface area (Å²) < 4.78 is 15.4. The number of hydrogen-bond acceptors (Lipinski definition) is 17. The van der Waals surface area contributed by atoms with Gasteiger partial charge in [0.25, 0.3) is 0 Å². The Labute approximate surface area is 198 Å². The number of aliphatic hydroxyl groups is 13. The van der Waals surface area contributed by atoms with Crippen LogP contribution in [0.3, 0.4) is 0 Å². The van der Waals surface area contributed by atoms with Crippen LogP contribution in [0.15, 0.2) is 0 Å². The van der Waals surface area contributed by atoms with Crippen LogP contribution in [0.1, 0.15) is 0 Å². The van der Waals surface area contributed by atoms with E-state index >= 15 is 0 Å². The van der Waals surface area contributed by atoms with E-state index in [4.69, 9.17) is 50.0 Å². The molecule has 0 unspecified atom stereocenters. The molecule has 35 heavy (non-hydrogen) atoms. The number of carbonyl (C=O) groups is 1. The molecule has 0 aromatic carbocycles. The van der Waals surface area contributed by atoms with Gasteiger partial charge >= 0.3 is 0 Å². The maximum Gasteiger partial charge on any atom is 0.224 e. The molecule has 0 aliphatic carbocycles. The highest BCUT2D eigenvalue weighted by atomic mass is 16.8. The second-order valence-corrected chi connectivity index (χ2v) is 7.92. The maximum atomic E-state index is 10.00. The van der Waals surface area contributed by atoms with E-state index in [0.717, 1.165) is 0 Å². The molecule has 208 valence electrons. The summed E-state index contributed by atoms with van der Waals surface area (Å²) in [7, 11) is 0. The summed E-state index contributed by atoms with van der Waals surface area (Å²) in [5.74, 6) is -2.22. The number of carbonyl (C=O) groups excluding carboxylic acids is 1. The lowest BCUT2D eigenvalue weighted by Gasteiger charge is -2.43. The van der Waals surface area contributed by atoms with E-state index in [1.807, 2.05) is 0 Å². The van der Waals surface area contributed by atoms with Crippen molar-refractivity contribution in [1.29, 1.82) is 0 Å². The topological polar surface area (TPSA) is 308 Å². The van der Waals surface area contributed by atoms with E-state index in [-0.39, 0.29) is 6.29 Å². The van der Waals surface area contributed by atoms with Gasteiger partial charge in [0.15, 0.2) is 12.6 Å². The molecule has 0 aromatic heterocycles. The van der Waals surface area contributed by atoms with Crippen LogP contribution in [0.25, 0.3) is 0 Å². The minimum absolute atomic E-state index is 0.0258. The molecule has 2 aliphatic heterocycles. The van der Waals surface area contributed by atoms with Gasteiger partial charge < -0.3 is 85.4 Å². The molecule has 0 radical (unpaired) electrons. The van der Waals surface area contributed by atoms with Crippen LogP contribution in [-0.4, -0.2) is 178 Å². The summed E-state index contributed by atoms with van der Waals surface area (Å²) in [5.41, 5.74) is 0. The predicted molar refractivity (Wildman–Crippen MR) is 106 cm³/mol. The molecular weight excluding hydrogens is 488 g/mol. The van der Waals surface area contributed by atoms with Gasteiger partial charge in [0.05, 0.1) is 19.8 Å². The molecule has 13 N–H and O–H groups in total. The molecule has 0 spiro atoms. The third-order valence-electron chi connectivity index (χ3n) is 5.49. The molecule has 0 saturated carbocycles. The zero-order valence-corrected chi connectivity index (χ0v) is 18.3. The molecule has 2 rings (SSSR count). The molecular formula is C18H34O17. The van der Waals surface area contributed by atoms with Crippen LogP contribution in [0.5, 0.6) is 0 Å². The lowest BCUT2D eigenvalue weighted by atomic mass is 9.99. The summed E-state index contributed by atoms with van der Waals surface area (Å²) in [6.07, 6.45) is -19.5. The van der Waals surface area contributed by atoms with E-state index < -0.39 is 106 Å². The fourth-order valence-corrected chi connectivity index (χ4v) is 3.25. The van der Waals surface area contributed by atoms with Crippen LogP contribution < -0.4 is 0 Å². The molecule has 2 aliphatic rings. The standard InChI is InChI=1S/C12H22O11.C6H12O6/c13-1-4-6(16)8(18)9(19)11(21-4)23-12(3-15)10(20)7(17)5(2-14)22-12;7-1-3(9)5(11)6(12)4(10)2-8/h4-11,13-20H,1-3H2;1,3-6,8-12H,2H2/t4-,5-,6-,7-,8+,9-,10+,11-,12+;3-,4-,5-,6-/m11/s1. The highest BCUT2D eigenvalue weighted by molar-refractivity contribution is 5.56. The van der Waals surface area contributed by atoms with Crippen molar-refractivity contribution >= 4 is 6.29 Å². The minimum Gasteiger partial charge on any atom is -0.394 e. The van der Waals surface area contributed by atoms with E-state index in [0.29, 0.717) is 0 Å². The third-order valence-corrected chi connectivity index (χ3v) is 5.49. The van der Waals surface area contributed by atoms with Crippen molar-refractivity contribution in [2.45, 2.75) is 79.2 Å². The zero-order chi connectivity index (χ0) is 27.1. The van der Waals surface area contributed by atoms with Crippen LogP contribution in [0, 0.1) is 0 Å². The van der Waals surface area contributed by atoms with E-state index in [1.54, 1.807) is 0 Å². The van der Waals surface area contributed by atoms with Crippen molar-refractivity contribution in [3.8, 4) is 0 Å². The van der Waals surface area contributed by atoms with Crippen LogP contribution in [0.4, 0.5) is 0 Å². The van der Waals surface area contributed by atoms with E-state index in [1.165, 1.54) is 0 Å². The molecule has 2 saturated heterocycles. The van der Waals surface area contributed by atoms with Gasteiger partial charge in [-0.2, -0.15) is 0 Å². The van der Waals surface area contributed by atoms with E-state index in [9.17, 15) is 35.4 Å². The van der Waals surface area contributed by atoms with Crippen molar-refractivity contribution in [3.05, 3.63) is 0 Å². The number of ether oxygens (including phenoxy) is 3. The Morgan fingerprint density at radius 1 is 0.800 bits per heavy atom. The Balaban J connectivity index is 0.000000434. The van der Waals surface area contributed by atoms with E-state index in [2.05, 4.69) is 0 Å². The number of rotatable bonds is 10. The zero-order valence-electron chi connectivity index (χ0n) is 18.3. The molecule has 0 amide bonds. The Morgan fingerprint density at radius 2 is 1.37 bits per heavy atom. The highest BCUT2D eigenvalue weighted by Gasteiger charge is 2.58. The highest BCUT2D eigenvalue weighted by Crippen LogP contribution is 2.35. The van der Waals surface area contributed by atoms with Crippen LogP contribution in [0.2, 0.25) is 0 Å². The summed E-state index contributed by atoms with van der Waals surface area (Å²) in [6.45, 7) is -3.08. The number of aldehydes is 1. The number of aliphatic hydroxyl groups excluding tert-OH is 13. The largest absolute Gasteiger partial charge is 0.394 e. The van der Waals surface area contributed by atoms with Gasteiger partial charge in [-0.3, -0.25) is 0 Å². The summed E-state index contributed by atoms with van der Waals surface area (Å²) in [4.78, 5) is 9.90. The average molecular weight is 522 g/mol. The molecule has 0 bridgehead atoms. The lowest BCUT2D eigenvalue weighted by Crippen LogP contribution is -2.62. The van der Waals surface area contributed by atoms with Crippen molar-refractivity contribution in [1.82, 2.24) is 0 Å². The lowest BCUT2D eigenvalue weighted by molar-refractivity contribution is -0.383. The van der Waals surface area contributed by atoms with Crippen molar-refractivity contribution < 1.29 is 85.4 Å². The molecule has 13 atom stereocenters. The quantitative estimate of drug-likeness (QED) is 0.118. The fraction of sp³-hybridized carbons (Fsp3) is 0.944. The predicted octanol–water partition coefficient (Wildman–Crippen LogP) is -8.77. The normalized spacial score (nSPS) is 40.8. The van der Waals surface area contributed by atoms with Gasteiger partial charge in [-0.25, -0.2) is 0 Å². The smallest absolute Gasteiger partial charge is 0.224 e. The maximum absolute atomic E-state index is 10.00. The third kappa shape index (κ3) is 7.29. The van der Waals surface area contributed by atoms with Crippen molar-refractivity contribution in [3.63, 3.8) is 0 Å². The first kappa shape index (κ1) is 32.1. The average Bonchev–Trinajstić information content (AvgIpc) is 3.12. The Kier molecular flexibility index (Phi) is 12.9. The first-order valence-corrected chi connectivity index (χ1v) is 10.4. The Hall–Kier alpha value is -0.970. The van der Waals surface area contributed by atoms with Crippen molar-refractivity contribution in [2.24, 2.45) is 0 Å². The van der Waals surface area contributed by atoms with Gasteiger partial charge in [0.1, 0.15) is 73.8 Å². The van der Waals surface area contributed by atoms with Gasteiger partial charge in [0, 0.05) is 0 Å². The molecule has 17 nitrogen and oxygen atoms in total. The Morgan fingerprint density at radius 3 is 1.80 bits per heavy atom. The Bertz CT molecular complexity index is 624. The summed E-state index contributed by atoms with van der Waals surface area (Å²) in [6, 6.07) is 0. The minimum atomic E-state index is -2.22. The molecule has 2 heterocycles. The van der Waals surface area contributed by atoms with Gasteiger partial charge in [-0.15, -0.1) is 0 Å². The molecule has 17 heteroatoms. The van der Waals surface area contributed by atoms with Crippen LogP contribution >= 0.6 is 0 Å². The first-order chi connectivity index (χ1) is 16.3. The second-order valence-electron chi connectivity index (χ2n) is 7.92. The van der Waals surface area contributed by atoms with Crippen molar-refractivity contribution in [2.75, 3.05) is 26.4 Å². The van der Waals surface area contributed by atoms with Gasteiger partial charge in [-0.05, 0) is 0 Å². The molecule has 0 aromatic rings. The number of hydrogen-bond donors (Lipinski definition) is 13. The van der Waals surface area contributed by atoms with Crippen LogP contribution in [-0.2, 0) is 19.0 Å². The second kappa shape index (κ2) is 14.1. The fourth-order valence-electron chi connectivity index (χ4n) is 3.25. The summed E-state index contributed by atoms with van der Waals surface area (Å²) in [5, 5.41) is 120. The summed E-state index contributed by atoms with van der Waals surface area (Å²) >= 11 is 0. The van der Waals surface area contributed by atoms with Gasteiger partial charge in [-0.1, -0.05) is 0 Å². The first-order valence-electron chi connectivity index (χ1n) is 10.4. The SMILES string of the molecule is O=C[C@@H](O)[C@@H](O)[C@H](O)[C@H](O)CO.OC[C@H]1O[C@@](CO)(O[C@H]2O[C@H](CO)[C@@H](O)[C@H](O)[C@H]2O)[C@@H](O)[C@@H]1O. The van der Waals surface area contributed by atoms with Gasteiger partial charge in [0.2, 0.25) is 5.79 Å². The molecule has 2 fully saturated rings. The monoisotopic (exact) mass is 522 g/mol.